The highest BCUT2D eigenvalue weighted by Crippen LogP contribution is 2.13. The summed E-state index contributed by atoms with van der Waals surface area (Å²) in [6, 6.07) is 2.78. The third-order valence-electron chi connectivity index (χ3n) is 2.34. The van der Waals surface area contributed by atoms with E-state index in [1.54, 1.807) is 24.5 Å². The van der Waals surface area contributed by atoms with E-state index in [-0.39, 0.29) is 6.54 Å². The summed E-state index contributed by atoms with van der Waals surface area (Å²) in [5.41, 5.74) is 0.750. The summed E-state index contributed by atoms with van der Waals surface area (Å²) in [6.07, 6.45) is 3.12. The molecular weight excluding hydrogens is 210 g/mol. The monoisotopic (exact) mass is 219 g/mol. The first kappa shape index (κ1) is 10.3. The fourth-order valence-electron chi connectivity index (χ4n) is 1.42. The molecule has 0 spiro atoms. The highest BCUT2D eigenvalue weighted by Gasteiger charge is 2.41. The summed E-state index contributed by atoms with van der Waals surface area (Å²) in [5.74, 6) is -1.58. The van der Waals surface area contributed by atoms with E-state index in [9.17, 15) is 14.4 Å². The first-order valence-electron chi connectivity index (χ1n) is 4.63. The summed E-state index contributed by atoms with van der Waals surface area (Å²) in [6.45, 7) is 0.0935. The molecule has 0 radical (unpaired) electrons. The molecule has 0 N–H and O–H groups in total. The minimum Gasteiger partial charge on any atom is -0.265 e. The molecule has 0 aliphatic carbocycles. The van der Waals surface area contributed by atoms with Crippen LogP contribution in [0.25, 0.3) is 0 Å². The van der Waals surface area contributed by atoms with E-state index in [2.05, 4.69) is 4.98 Å². The van der Waals surface area contributed by atoms with Crippen molar-refractivity contribution in [2.24, 2.45) is 0 Å². The number of pyridine rings is 1. The lowest BCUT2D eigenvalue weighted by Gasteiger charge is -2.12. The van der Waals surface area contributed by atoms with Gasteiger partial charge in [-0.1, -0.05) is 0 Å². The van der Waals surface area contributed by atoms with Crippen molar-refractivity contribution in [3.8, 4) is 0 Å². The number of rotatable bonds is 2. The van der Waals surface area contributed by atoms with Crippen molar-refractivity contribution in [3.05, 3.63) is 30.1 Å². The zero-order valence-electron chi connectivity index (χ0n) is 8.58. The fourth-order valence-corrected chi connectivity index (χ4v) is 1.42. The van der Waals surface area contributed by atoms with Gasteiger partial charge in [-0.2, -0.15) is 0 Å². The summed E-state index contributed by atoms with van der Waals surface area (Å²) < 4.78 is 0. The van der Waals surface area contributed by atoms with E-state index in [4.69, 9.17) is 0 Å². The molecule has 1 aliphatic heterocycles. The van der Waals surface area contributed by atoms with Crippen molar-refractivity contribution in [3.63, 3.8) is 0 Å². The summed E-state index contributed by atoms with van der Waals surface area (Å²) in [7, 11) is 1.29. The molecule has 0 atom stereocenters. The third kappa shape index (κ3) is 1.54. The Morgan fingerprint density at radius 3 is 2.25 bits per heavy atom. The number of aromatic nitrogens is 1. The molecule has 2 heterocycles. The molecule has 2 rings (SSSR count). The predicted octanol–water partition coefficient (Wildman–Crippen LogP) is 0.00220. The number of nitrogens with zero attached hydrogens (tertiary/aromatic N) is 3. The van der Waals surface area contributed by atoms with Gasteiger partial charge in [-0.25, -0.2) is 4.79 Å². The van der Waals surface area contributed by atoms with Gasteiger partial charge in [0, 0.05) is 19.4 Å². The van der Waals surface area contributed by atoms with Gasteiger partial charge in [0.15, 0.2) is 0 Å². The number of hydrogen-bond donors (Lipinski definition) is 0. The van der Waals surface area contributed by atoms with Crippen molar-refractivity contribution in [2.75, 3.05) is 7.05 Å². The Morgan fingerprint density at radius 2 is 1.75 bits per heavy atom. The third-order valence-corrected chi connectivity index (χ3v) is 2.34. The van der Waals surface area contributed by atoms with Gasteiger partial charge in [0.05, 0.1) is 6.54 Å². The zero-order chi connectivity index (χ0) is 11.7. The van der Waals surface area contributed by atoms with E-state index in [1.165, 1.54) is 7.05 Å². The highest BCUT2D eigenvalue weighted by molar-refractivity contribution is 6.44. The lowest BCUT2D eigenvalue weighted by molar-refractivity contribution is -0.143. The van der Waals surface area contributed by atoms with Crippen LogP contribution in [0.5, 0.6) is 0 Å². The van der Waals surface area contributed by atoms with E-state index in [0.29, 0.717) is 0 Å². The quantitative estimate of drug-likeness (QED) is 0.518. The molecule has 1 saturated heterocycles. The SMILES string of the molecule is CN1C(=O)C(=O)N(Cc2ccncc2)C1=O. The van der Waals surface area contributed by atoms with Crippen LogP contribution in [0.1, 0.15) is 5.56 Å². The van der Waals surface area contributed by atoms with Gasteiger partial charge in [-0.3, -0.25) is 24.4 Å². The van der Waals surface area contributed by atoms with Crippen LogP contribution >= 0.6 is 0 Å². The van der Waals surface area contributed by atoms with Gasteiger partial charge in [-0.15, -0.1) is 0 Å². The van der Waals surface area contributed by atoms with Crippen LogP contribution in [0.3, 0.4) is 0 Å². The number of carbonyl (C=O) groups is 3. The number of hydrogen-bond acceptors (Lipinski definition) is 4. The molecule has 1 fully saturated rings. The fraction of sp³-hybridized carbons (Fsp3) is 0.200. The van der Waals surface area contributed by atoms with Crippen molar-refractivity contribution in [2.45, 2.75) is 6.54 Å². The van der Waals surface area contributed by atoms with E-state index >= 15 is 0 Å². The maximum atomic E-state index is 11.5. The molecular formula is C10H9N3O3. The van der Waals surface area contributed by atoms with E-state index in [1.807, 2.05) is 0 Å². The number of likely N-dealkylation sites (N-methyl/N-ethyl adjacent to an activating group) is 1. The normalized spacial score (nSPS) is 16.2. The lowest BCUT2D eigenvalue weighted by atomic mass is 10.2. The van der Waals surface area contributed by atoms with Crippen molar-refractivity contribution in [1.82, 2.24) is 14.8 Å². The molecule has 1 aliphatic rings. The molecule has 6 nitrogen and oxygen atoms in total. The second-order valence-electron chi connectivity index (χ2n) is 3.39. The Balaban J connectivity index is 2.21. The van der Waals surface area contributed by atoms with Crippen LogP contribution in [-0.2, 0) is 16.1 Å². The van der Waals surface area contributed by atoms with Crippen LogP contribution in [0, 0.1) is 0 Å². The number of carbonyl (C=O) groups excluding carboxylic acids is 3. The van der Waals surface area contributed by atoms with Crippen LogP contribution in [0.4, 0.5) is 4.79 Å². The molecule has 82 valence electrons. The Kier molecular flexibility index (Phi) is 2.40. The minimum atomic E-state index is -0.793. The first-order chi connectivity index (χ1) is 7.61. The molecule has 0 saturated carbocycles. The van der Waals surface area contributed by atoms with Gasteiger partial charge < -0.3 is 0 Å². The Bertz CT molecular complexity index is 458. The summed E-state index contributed by atoms with van der Waals surface area (Å²) in [5, 5.41) is 0. The molecule has 0 unspecified atom stereocenters. The molecule has 1 aromatic rings. The van der Waals surface area contributed by atoms with Crippen molar-refractivity contribution < 1.29 is 14.4 Å². The van der Waals surface area contributed by atoms with Crippen LogP contribution in [-0.4, -0.2) is 39.7 Å². The minimum absolute atomic E-state index is 0.0935. The summed E-state index contributed by atoms with van der Waals surface area (Å²) in [4.78, 5) is 39.7. The second kappa shape index (κ2) is 3.73. The Morgan fingerprint density at radius 1 is 1.12 bits per heavy atom. The summed E-state index contributed by atoms with van der Waals surface area (Å²) >= 11 is 0. The maximum Gasteiger partial charge on any atom is 0.334 e. The predicted molar refractivity (Wildman–Crippen MR) is 53.0 cm³/mol. The van der Waals surface area contributed by atoms with Crippen molar-refractivity contribution >= 4 is 17.8 Å². The second-order valence-corrected chi connectivity index (χ2v) is 3.39. The smallest absolute Gasteiger partial charge is 0.265 e. The van der Waals surface area contributed by atoms with Gasteiger partial charge in [0.2, 0.25) is 0 Å². The van der Waals surface area contributed by atoms with Crippen LogP contribution in [0.2, 0.25) is 0 Å². The molecule has 0 bridgehead atoms. The van der Waals surface area contributed by atoms with Gasteiger partial charge in [0.25, 0.3) is 0 Å². The molecule has 1 aromatic heterocycles. The number of amides is 4. The number of imide groups is 2. The van der Waals surface area contributed by atoms with E-state index in [0.717, 1.165) is 15.4 Å². The van der Waals surface area contributed by atoms with Gasteiger partial charge in [-0.05, 0) is 17.7 Å². The van der Waals surface area contributed by atoms with Crippen LogP contribution < -0.4 is 0 Å². The average molecular weight is 219 g/mol. The maximum absolute atomic E-state index is 11.5. The largest absolute Gasteiger partial charge is 0.334 e. The standard InChI is InChI=1S/C10H9N3O3/c1-12-8(14)9(15)13(10(12)16)6-7-2-4-11-5-3-7/h2-5H,6H2,1H3. The molecule has 6 heteroatoms. The topological polar surface area (TPSA) is 70.6 Å². The molecule has 16 heavy (non-hydrogen) atoms. The van der Waals surface area contributed by atoms with Gasteiger partial charge >= 0.3 is 17.8 Å². The Labute approximate surface area is 91.5 Å². The molecule has 4 amide bonds. The first-order valence-corrected chi connectivity index (χ1v) is 4.63. The van der Waals surface area contributed by atoms with Crippen molar-refractivity contribution in [1.29, 1.82) is 0 Å². The zero-order valence-corrected chi connectivity index (χ0v) is 8.58. The average Bonchev–Trinajstić information content (AvgIpc) is 2.48. The Hall–Kier alpha value is -2.24. The lowest BCUT2D eigenvalue weighted by Crippen LogP contribution is -2.30. The van der Waals surface area contributed by atoms with E-state index < -0.39 is 17.8 Å². The molecule has 0 aromatic carbocycles. The number of urea groups is 1. The highest BCUT2D eigenvalue weighted by atomic mass is 16.2. The van der Waals surface area contributed by atoms with Gasteiger partial charge in [0.1, 0.15) is 0 Å². The van der Waals surface area contributed by atoms with Crippen LogP contribution in [0.15, 0.2) is 24.5 Å².